The van der Waals surface area contributed by atoms with Gasteiger partial charge in [-0.1, -0.05) is 13.3 Å². The van der Waals surface area contributed by atoms with Gasteiger partial charge in [-0.05, 0) is 57.4 Å². The fourth-order valence-electron chi connectivity index (χ4n) is 4.19. The van der Waals surface area contributed by atoms with E-state index in [2.05, 4.69) is 5.32 Å². The summed E-state index contributed by atoms with van der Waals surface area (Å²) in [5, 5.41) is 2.82. The lowest BCUT2D eigenvalue weighted by Crippen LogP contribution is -2.43. The van der Waals surface area contributed by atoms with Gasteiger partial charge in [-0.15, -0.1) is 0 Å². The second-order valence-electron chi connectivity index (χ2n) is 8.23. The predicted octanol–water partition coefficient (Wildman–Crippen LogP) is 2.84. The molecule has 0 aromatic heterocycles. The number of piperidine rings is 1. The molecule has 8 heteroatoms. The van der Waals surface area contributed by atoms with Crippen LogP contribution in [-0.2, 0) is 19.6 Å². The number of carbonyl (C=O) groups excluding carboxylic acids is 2. The van der Waals surface area contributed by atoms with E-state index in [1.54, 1.807) is 33.5 Å². The number of hydrogen-bond donors (Lipinski definition) is 1. The fourth-order valence-corrected chi connectivity index (χ4v) is 5.96. The number of hydrogen-bond acceptors (Lipinski definition) is 4. The van der Waals surface area contributed by atoms with Crippen LogP contribution in [0.2, 0.25) is 0 Å². The van der Waals surface area contributed by atoms with Crippen LogP contribution in [0.3, 0.4) is 0 Å². The lowest BCUT2D eigenvalue weighted by molar-refractivity contribution is -0.129. The third-order valence-electron chi connectivity index (χ3n) is 5.93. The Bertz CT molecular complexity index is 851. The molecule has 0 aliphatic carbocycles. The predicted molar refractivity (Wildman–Crippen MR) is 112 cm³/mol. The Balaban J connectivity index is 1.67. The maximum atomic E-state index is 13.0. The summed E-state index contributed by atoms with van der Waals surface area (Å²) >= 11 is 0. The van der Waals surface area contributed by atoms with Crippen molar-refractivity contribution in [2.45, 2.75) is 69.9 Å². The molecule has 7 nitrogen and oxygen atoms in total. The van der Waals surface area contributed by atoms with Crippen LogP contribution in [-0.4, -0.2) is 54.6 Å². The van der Waals surface area contributed by atoms with Gasteiger partial charge in [-0.25, -0.2) is 8.42 Å². The lowest BCUT2D eigenvalue weighted by atomic mass is 10.0. The van der Waals surface area contributed by atoms with E-state index in [1.807, 2.05) is 20.8 Å². The molecule has 2 heterocycles. The van der Waals surface area contributed by atoms with Crippen molar-refractivity contribution in [3.63, 3.8) is 0 Å². The number of nitrogens with zero attached hydrogens (tertiary/aromatic N) is 2. The Morgan fingerprint density at radius 2 is 1.90 bits per heavy atom. The molecule has 2 fully saturated rings. The quantitative estimate of drug-likeness (QED) is 0.765. The second-order valence-corrected chi connectivity index (χ2v) is 10.1. The molecule has 0 unspecified atom stereocenters. The van der Waals surface area contributed by atoms with Crippen LogP contribution in [0.25, 0.3) is 0 Å². The van der Waals surface area contributed by atoms with Gasteiger partial charge in [0.25, 0.3) is 0 Å². The molecule has 2 amide bonds. The molecule has 2 aliphatic heterocycles. The van der Waals surface area contributed by atoms with Gasteiger partial charge >= 0.3 is 0 Å². The van der Waals surface area contributed by atoms with Crippen LogP contribution in [0.4, 0.5) is 5.69 Å². The molecule has 1 aromatic rings. The van der Waals surface area contributed by atoms with Gasteiger partial charge in [-0.3, -0.25) is 9.59 Å². The maximum absolute atomic E-state index is 13.0. The fraction of sp³-hybridized carbons (Fsp3) is 0.619. The van der Waals surface area contributed by atoms with E-state index in [4.69, 9.17) is 0 Å². The Labute approximate surface area is 173 Å². The van der Waals surface area contributed by atoms with Gasteiger partial charge in [-0.2, -0.15) is 4.31 Å². The molecule has 0 saturated carbocycles. The van der Waals surface area contributed by atoms with Crippen molar-refractivity contribution in [2.75, 3.05) is 18.4 Å². The summed E-state index contributed by atoms with van der Waals surface area (Å²) < 4.78 is 27.7. The first kappa shape index (κ1) is 21.8. The van der Waals surface area contributed by atoms with Crippen molar-refractivity contribution in [3.8, 4) is 0 Å². The molecule has 0 radical (unpaired) electrons. The summed E-state index contributed by atoms with van der Waals surface area (Å²) in [6.07, 6.45) is 3.87. The molecule has 29 heavy (non-hydrogen) atoms. The average molecular weight is 422 g/mol. The van der Waals surface area contributed by atoms with Crippen molar-refractivity contribution >= 4 is 27.5 Å². The highest BCUT2D eigenvalue weighted by Gasteiger charge is 2.36. The number of carbonyl (C=O) groups is 2. The van der Waals surface area contributed by atoms with E-state index in [-0.39, 0.29) is 41.1 Å². The number of anilines is 1. The molecule has 0 bridgehead atoms. The summed E-state index contributed by atoms with van der Waals surface area (Å²) in [7, 11) is -3.54. The van der Waals surface area contributed by atoms with Crippen molar-refractivity contribution < 1.29 is 18.0 Å². The molecule has 3 rings (SSSR count). The molecule has 0 spiro atoms. The van der Waals surface area contributed by atoms with Gasteiger partial charge in [0, 0.05) is 37.3 Å². The van der Waals surface area contributed by atoms with Gasteiger partial charge < -0.3 is 10.2 Å². The van der Waals surface area contributed by atoms with E-state index in [1.165, 1.54) is 0 Å². The maximum Gasteiger partial charge on any atom is 0.243 e. The van der Waals surface area contributed by atoms with Crippen molar-refractivity contribution in [2.24, 2.45) is 5.92 Å². The highest BCUT2D eigenvalue weighted by molar-refractivity contribution is 7.89. The first-order valence-corrected chi connectivity index (χ1v) is 11.9. The van der Waals surface area contributed by atoms with Gasteiger partial charge in [0.1, 0.15) is 0 Å². The molecule has 1 N–H and O–H groups in total. The van der Waals surface area contributed by atoms with Crippen LogP contribution in [0, 0.1) is 5.92 Å². The molecule has 1 aromatic carbocycles. The lowest BCUT2D eigenvalue weighted by Gasteiger charge is -2.34. The summed E-state index contributed by atoms with van der Waals surface area (Å²) in [4.78, 5) is 26.5. The van der Waals surface area contributed by atoms with Crippen LogP contribution < -0.4 is 5.32 Å². The molecule has 2 aliphatic rings. The SMILES string of the molecule is CC[C@H]1CCCCN1S(=O)(=O)c1ccc(NC(=O)[C@@H]2CC(=O)N(C(C)C)C2)cc1. The van der Waals surface area contributed by atoms with Crippen LogP contribution >= 0.6 is 0 Å². The third kappa shape index (κ3) is 4.64. The summed E-state index contributed by atoms with van der Waals surface area (Å²) in [6.45, 7) is 6.86. The van der Waals surface area contributed by atoms with Crippen molar-refractivity contribution in [1.82, 2.24) is 9.21 Å². The number of sulfonamides is 1. The van der Waals surface area contributed by atoms with Crippen molar-refractivity contribution in [3.05, 3.63) is 24.3 Å². The minimum atomic E-state index is -3.54. The van der Waals surface area contributed by atoms with Crippen molar-refractivity contribution in [1.29, 1.82) is 0 Å². The van der Waals surface area contributed by atoms with E-state index >= 15 is 0 Å². The molecule has 2 saturated heterocycles. The molecule has 160 valence electrons. The topological polar surface area (TPSA) is 86.8 Å². The second kappa shape index (κ2) is 8.83. The van der Waals surface area contributed by atoms with Crippen LogP contribution in [0.5, 0.6) is 0 Å². The smallest absolute Gasteiger partial charge is 0.243 e. The summed E-state index contributed by atoms with van der Waals surface area (Å²) in [5.41, 5.74) is 0.537. The average Bonchev–Trinajstić information content (AvgIpc) is 3.10. The normalized spacial score (nSPS) is 23.6. The van der Waals surface area contributed by atoms with Crippen LogP contribution in [0.1, 0.15) is 52.9 Å². The Morgan fingerprint density at radius 1 is 1.21 bits per heavy atom. The number of rotatable bonds is 6. The summed E-state index contributed by atoms with van der Waals surface area (Å²) in [5.74, 6) is -0.597. The van der Waals surface area contributed by atoms with Gasteiger partial charge in [0.05, 0.1) is 10.8 Å². The minimum Gasteiger partial charge on any atom is -0.339 e. The Morgan fingerprint density at radius 3 is 2.48 bits per heavy atom. The minimum absolute atomic E-state index is 0.00592. The first-order valence-electron chi connectivity index (χ1n) is 10.5. The van der Waals surface area contributed by atoms with E-state index in [0.29, 0.717) is 18.8 Å². The zero-order valence-electron chi connectivity index (χ0n) is 17.4. The number of nitrogens with one attached hydrogen (secondary N) is 1. The first-order chi connectivity index (χ1) is 13.7. The Hall–Kier alpha value is -1.93. The summed E-state index contributed by atoms with van der Waals surface area (Å²) in [6, 6.07) is 6.46. The number of benzene rings is 1. The number of amides is 2. The highest BCUT2D eigenvalue weighted by atomic mass is 32.2. The van der Waals surface area contributed by atoms with E-state index in [0.717, 1.165) is 25.7 Å². The van der Waals surface area contributed by atoms with E-state index < -0.39 is 10.0 Å². The van der Waals surface area contributed by atoms with Crippen LogP contribution in [0.15, 0.2) is 29.2 Å². The highest BCUT2D eigenvalue weighted by Crippen LogP contribution is 2.28. The molecular weight excluding hydrogens is 390 g/mol. The number of likely N-dealkylation sites (tertiary alicyclic amines) is 1. The third-order valence-corrected chi connectivity index (χ3v) is 7.89. The largest absolute Gasteiger partial charge is 0.339 e. The Kier molecular flexibility index (Phi) is 6.63. The van der Waals surface area contributed by atoms with Gasteiger partial charge in [0.2, 0.25) is 21.8 Å². The standard InChI is InChI=1S/C21H31N3O4S/c1-4-18-7-5-6-12-24(18)29(27,28)19-10-8-17(9-11-19)22-21(26)16-13-20(25)23(14-16)15(2)3/h8-11,15-16,18H,4-7,12-14H2,1-3H3,(H,22,26)/t16-,18+/m1/s1. The zero-order valence-corrected chi connectivity index (χ0v) is 18.2. The molecular formula is C21H31N3O4S. The molecule has 2 atom stereocenters. The monoisotopic (exact) mass is 421 g/mol. The zero-order chi connectivity index (χ0) is 21.2. The van der Waals surface area contributed by atoms with E-state index in [9.17, 15) is 18.0 Å². The van der Waals surface area contributed by atoms with Gasteiger partial charge in [0.15, 0.2) is 0 Å².